The fourth-order valence-electron chi connectivity index (χ4n) is 6.71. The van der Waals surface area contributed by atoms with Crippen LogP contribution < -0.4 is 9.64 Å². The molecule has 0 bridgehead atoms. The molecule has 1 aliphatic rings. The number of benzene rings is 4. The normalized spacial score (nSPS) is 12.5. The quantitative estimate of drug-likeness (QED) is 0.149. The van der Waals surface area contributed by atoms with Crippen LogP contribution in [0.5, 0.6) is 5.75 Å². The van der Waals surface area contributed by atoms with Gasteiger partial charge in [-0.05, 0) is 42.3 Å². The summed E-state index contributed by atoms with van der Waals surface area (Å²) in [6, 6.07) is 30.7. The van der Waals surface area contributed by atoms with Crippen LogP contribution >= 0.6 is 0 Å². The van der Waals surface area contributed by atoms with Crippen LogP contribution in [0.2, 0.25) is 0 Å². The van der Waals surface area contributed by atoms with Crippen molar-refractivity contribution in [3.05, 3.63) is 114 Å². The van der Waals surface area contributed by atoms with E-state index in [4.69, 9.17) is 9.84 Å². The summed E-state index contributed by atoms with van der Waals surface area (Å²) in [6.07, 6.45) is 1.23. The van der Waals surface area contributed by atoms with Gasteiger partial charge in [0, 0.05) is 35.5 Å². The smallest absolute Gasteiger partial charge is 0.352 e. The molecule has 0 fully saturated rings. The zero-order valence-electron chi connectivity index (χ0n) is 25.5. The van der Waals surface area contributed by atoms with Crippen LogP contribution in [0, 0.1) is 18.8 Å². The number of hydrogen-bond donors (Lipinski definition) is 1. The van der Waals surface area contributed by atoms with E-state index in [0.717, 1.165) is 55.6 Å². The molecule has 7 rings (SSSR count). The third kappa shape index (κ3) is 5.19. The molecule has 7 heteroatoms. The van der Waals surface area contributed by atoms with Crippen molar-refractivity contribution < 1.29 is 14.6 Å². The number of para-hydroxylation sites is 1. The molecule has 224 valence electrons. The number of nitrogens with zero attached hydrogens (tertiary/aromatic N) is 4. The summed E-state index contributed by atoms with van der Waals surface area (Å²) in [5.41, 5.74) is 6.03. The highest BCUT2D eigenvalue weighted by Gasteiger charge is 2.28. The highest BCUT2D eigenvalue weighted by molar-refractivity contribution is 6.05. The second kappa shape index (κ2) is 11.9. The summed E-state index contributed by atoms with van der Waals surface area (Å²) in [5, 5.41) is 18.5. The Morgan fingerprint density at radius 3 is 2.49 bits per heavy atom. The lowest BCUT2D eigenvalue weighted by Gasteiger charge is -2.25. The van der Waals surface area contributed by atoms with Gasteiger partial charge < -0.3 is 19.3 Å². The van der Waals surface area contributed by atoms with Crippen LogP contribution in [0.15, 0.2) is 91.0 Å². The summed E-state index contributed by atoms with van der Waals surface area (Å²) in [7, 11) is 1.96. The minimum atomic E-state index is -0.949. The van der Waals surface area contributed by atoms with Crippen LogP contribution in [0.1, 0.15) is 33.7 Å². The minimum absolute atomic E-state index is 0.287. The maximum atomic E-state index is 12.9. The number of carboxylic acid groups (broad SMARTS) is 1. The van der Waals surface area contributed by atoms with Gasteiger partial charge in [-0.1, -0.05) is 96.8 Å². The van der Waals surface area contributed by atoms with Crippen molar-refractivity contribution >= 4 is 33.5 Å². The molecule has 7 nitrogen and oxygen atoms in total. The third-order valence-electron chi connectivity index (χ3n) is 8.58. The first kappa shape index (κ1) is 28.3. The first-order valence-electron chi connectivity index (χ1n) is 15.3. The molecule has 0 amide bonds. The zero-order chi connectivity index (χ0) is 30.9. The van der Waals surface area contributed by atoms with Crippen molar-refractivity contribution in [3.63, 3.8) is 0 Å². The number of ether oxygens (including phenoxy) is 1. The first-order valence-corrected chi connectivity index (χ1v) is 15.3. The van der Waals surface area contributed by atoms with Crippen LogP contribution in [-0.4, -0.2) is 38.6 Å². The standard InChI is InChI=1S/C38H34N4O3/c1-26-34-32-19-11-18-30-31(20-12-24-45-33-21-10-16-28-15-6-7-17-29(28)33)36(38(43)44)42(35(30)32)23-9-8-22-41(37(34)40(2)39-26)25-27-13-4-3-5-14-27/h3-7,10-11,13-19,21H,12,20,22-25H2,1-2H3,(H,43,44). The summed E-state index contributed by atoms with van der Waals surface area (Å²) < 4.78 is 10.0. The highest BCUT2D eigenvalue weighted by Crippen LogP contribution is 2.41. The Bertz CT molecular complexity index is 2110. The Labute approximate surface area is 262 Å². The maximum Gasteiger partial charge on any atom is 0.352 e. The molecule has 0 atom stereocenters. The van der Waals surface area contributed by atoms with Gasteiger partial charge in [-0.3, -0.25) is 4.68 Å². The lowest BCUT2D eigenvalue weighted by molar-refractivity contribution is 0.0685. The van der Waals surface area contributed by atoms with Crippen molar-refractivity contribution in [3.8, 4) is 28.7 Å². The molecular formula is C38H34N4O3. The van der Waals surface area contributed by atoms with E-state index in [1.807, 2.05) is 77.8 Å². The molecule has 0 saturated carbocycles. The van der Waals surface area contributed by atoms with Crippen LogP contribution in [0.25, 0.3) is 32.8 Å². The number of aromatic carboxylic acids is 1. The Morgan fingerprint density at radius 2 is 1.64 bits per heavy atom. The molecule has 0 radical (unpaired) electrons. The molecule has 2 aromatic heterocycles. The van der Waals surface area contributed by atoms with Gasteiger partial charge in [0.2, 0.25) is 0 Å². The lowest BCUT2D eigenvalue weighted by atomic mass is 9.99. The van der Waals surface area contributed by atoms with Gasteiger partial charge in [0.05, 0.1) is 30.9 Å². The van der Waals surface area contributed by atoms with E-state index < -0.39 is 5.97 Å². The average Bonchev–Trinajstić information content (AvgIpc) is 3.53. The predicted molar refractivity (Wildman–Crippen MR) is 179 cm³/mol. The van der Waals surface area contributed by atoms with E-state index in [0.29, 0.717) is 38.2 Å². The van der Waals surface area contributed by atoms with Gasteiger partial charge in [-0.25, -0.2) is 4.79 Å². The molecule has 4 aromatic carbocycles. The predicted octanol–water partition coefficient (Wildman–Crippen LogP) is 7.24. The molecule has 0 saturated heterocycles. The number of aryl methyl sites for hydroxylation is 3. The Kier molecular flexibility index (Phi) is 7.48. The van der Waals surface area contributed by atoms with Crippen LogP contribution in [-0.2, 0) is 26.6 Å². The summed E-state index contributed by atoms with van der Waals surface area (Å²) in [4.78, 5) is 15.2. The monoisotopic (exact) mass is 594 g/mol. The molecule has 0 aliphatic carbocycles. The van der Waals surface area contributed by atoms with Crippen molar-refractivity contribution in [1.29, 1.82) is 0 Å². The highest BCUT2D eigenvalue weighted by atomic mass is 16.5. The number of rotatable bonds is 8. The average molecular weight is 595 g/mol. The Morgan fingerprint density at radius 1 is 0.911 bits per heavy atom. The summed E-state index contributed by atoms with van der Waals surface area (Å²) >= 11 is 0. The number of anilines is 1. The number of aromatic nitrogens is 3. The third-order valence-corrected chi connectivity index (χ3v) is 8.58. The number of fused-ring (bicyclic) bond motifs is 3. The van der Waals surface area contributed by atoms with E-state index in [2.05, 4.69) is 53.1 Å². The molecule has 3 heterocycles. The lowest BCUT2D eigenvalue weighted by Crippen LogP contribution is -2.26. The Hall–Kier alpha value is -5.48. The van der Waals surface area contributed by atoms with Crippen molar-refractivity contribution in [2.24, 2.45) is 7.05 Å². The van der Waals surface area contributed by atoms with E-state index in [-0.39, 0.29) is 6.54 Å². The SMILES string of the molecule is Cc1nn(C)c2c1-c1cccc3c(CCCOc4cccc5ccccc45)c(C(=O)O)n(c13)CC#CCN2Cc1ccccc1. The topological polar surface area (TPSA) is 72.5 Å². The Balaban J connectivity index is 1.29. The maximum absolute atomic E-state index is 12.9. The van der Waals surface area contributed by atoms with Crippen LogP contribution in [0.4, 0.5) is 5.82 Å². The van der Waals surface area contributed by atoms with Gasteiger partial charge in [0.15, 0.2) is 0 Å². The first-order chi connectivity index (χ1) is 22.0. The molecular weight excluding hydrogens is 560 g/mol. The van der Waals surface area contributed by atoms with Gasteiger partial charge in [-0.2, -0.15) is 5.10 Å². The largest absolute Gasteiger partial charge is 0.493 e. The van der Waals surface area contributed by atoms with Crippen molar-refractivity contribution in [2.45, 2.75) is 32.9 Å². The molecule has 0 unspecified atom stereocenters. The number of hydrogen-bond acceptors (Lipinski definition) is 4. The zero-order valence-corrected chi connectivity index (χ0v) is 25.5. The summed E-state index contributed by atoms with van der Waals surface area (Å²) in [5.74, 6) is 7.49. The number of carbonyl (C=O) groups is 1. The van der Waals surface area contributed by atoms with Crippen molar-refractivity contribution in [1.82, 2.24) is 14.3 Å². The van der Waals surface area contributed by atoms with E-state index in [1.165, 1.54) is 5.56 Å². The molecule has 45 heavy (non-hydrogen) atoms. The van der Waals surface area contributed by atoms with E-state index >= 15 is 0 Å². The summed E-state index contributed by atoms with van der Waals surface area (Å²) in [6.45, 7) is 3.96. The molecule has 1 N–H and O–H groups in total. The second-order valence-corrected chi connectivity index (χ2v) is 11.5. The fourth-order valence-corrected chi connectivity index (χ4v) is 6.71. The van der Waals surface area contributed by atoms with Crippen LogP contribution in [0.3, 0.4) is 0 Å². The van der Waals surface area contributed by atoms with E-state index in [1.54, 1.807) is 0 Å². The fraction of sp³-hybridized carbons (Fsp3) is 0.211. The van der Waals surface area contributed by atoms with Gasteiger partial charge in [0.1, 0.15) is 17.3 Å². The molecule has 1 aliphatic heterocycles. The van der Waals surface area contributed by atoms with Gasteiger partial charge >= 0.3 is 5.97 Å². The minimum Gasteiger partial charge on any atom is -0.493 e. The molecule has 6 aromatic rings. The number of carboxylic acids is 1. The molecule has 0 spiro atoms. The van der Waals surface area contributed by atoms with E-state index in [9.17, 15) is 9.90 Å². The van der Waals surface area contributed by atoms with Crippen molar-refractivity contribution in [2.75, 3.05) is 18.1 Å². The second-order valence-electron chi connectivity index (χ2n) is 11.5. The van der Waals surface area contributed by atoms with Gasteiger partial charge in [0.25, 0.3) is 0 Å². The van der Waals surface area contributed by atoms with Gasteiger partial charge in [-0.15, -0.1) is 0 Å².